The van der Waals surface area contributed by atoms with E-state index in [2.05, 4.69) is 22.6 Å². The van der Waals surface area contributed by atoms with Crippen LogP contribution in [-0.2, 0) is 10.4 Å². The first-order valence-corrected chi connectivity index (χ1v) is 11.1. The van der Waals surface area contributed by atoms with Gasteiger partial charge in [-0.25, -0.2) is 5.43 Å². The van der Waals surface area contributed by atoms with Crippen molar-refractivity contribution < 1.29 is 36.3 Å². The number of hydrogen-bond acceptors (Lipinski definition) is 5. The van der Waals surface area contributed by atoms with Crippen LogP contribution in [0.1, 0.15) is 31.2 Å². The summed E-state index contributed by atoms with van der Waals surface area (Å²) < 4.78 is 78.8. The number of aliphatic hydroxyl groups is 1. The van der Waals surface area contributed by atoms with Crippen LogP contribution in [-0.4, -0.2) is 29.4 Å². The van der Waals surface area contributed by atoms with Crippen LogP contribution in [0.15, 0.2) is 58.9 Å². The Labute approximate surface area is 212 Å². The molecule has 0 fully saturated rings. The molecule has 0 aliphatic carbocycles. The van der Waals surface area contributed by atoms with Gasteiger partial charge < -0.3 is 15.4 Å². The third-order valence-electron chi connectivity index (χ3n) is 4.73. The predicted molar refractivity (Wildman–Crippen MR) is 122 cm³/mol. The highest BCUT2D eigenvalue weighted by Crippen LogP contribution is 2.49. The van der Waals surface area contributed by atoms with Gasteiger partial charge in [0.05, 0.1) is 16.4 Å². The van der Waals surface area contributed by atoms with Crippen LogP contribution in [0, 0.1) is 0 Å². The molecule has 0 saturated carbocycles. The van der Waals surface area contributed by atoms with Crippen molar-refractivity contribution in [3.05, 3.63) is 69.3 Å². The predicted octanol–water partition coefficient (Wildman–Crippen LogP) is 6.87. The minimum atomic E-state index is -4.88. The van der Waals surface area contributed by atoms with Gasteiger partial charge in [-0.1, -0.05) is 46.5 Å². The zero-order chi connectivity index (χ0) is 26.4. The molecular weight excluding hydrogens is 547 g/mol. The second-order valence-corrected chi connectivity index (χ2v) is 8.71. The van der Waals surface area contributed by atoms with Gasteiger partial charge in [0.2, 0.25) is 0 Å². The molecule has 1 aliphatic rings. The third-order valence-corrected chi connectivity index (χ3v) is 5.52. The van der Waals surface area contributed by atoms with Crippen molar-refractivity contribution in [1.82, 2.24) is 10.9 Å². The molecule has 0 saturated heterocycles. The molecule has 1 aromatic carbocycles. The topological polar surface area (TPSA) is 65.9 Å². The molecule has 0 spiro atoms. The first-order valence-electron chi connectivity index (χ1n) is 9.92. The quantitative estimate of drug-likeness (QED) is 0.125. The Balaban J connectivity index is 2.13. The molecule has 35 heavy (non-hydrogen) atoms. The van der Waals surface area contributed by atoms with E-state index in [4.69, 9.17) is 39.6 Å². The molecule has 194 valence electrons. The van der Waals surface area contributed by atoms with Gasteiger partial charge in [0.1, 0.15) is 6.23 Å². The number of allylic oxidation sites excluding steroid dienone is 4. The second kappa shape index (κ2) is 11.9. The Morgan fingerprint density at radius 1 is 1.20 bits per heavy atom. The van der Waals surface area contributed by atoms with Crippen LogP contribution in [0.5, 0.6) is 0 Å². The van der Waals surface area contributed by atoms with Crippen molar-refractivity contribution in [2.75, 3.05) is 0 Å². The second-order valence-electron chi connectivity index (χ2n) is 7.43. The summed E-state index contributed by atoms with van der Waals surface area (Å²) in [6.07, 6.45) is -9.31. The van der Waals surface area contributed by atoms with E-state index in [1.54, 1.807) is 0 Å². The molecule has 1 aliphatic heterocycles. The zero-order valence-electron chi connectivity index (χ0n) is 17.8. The molecule has 1 aromatic rings. The first kappa shape index (κ1) is 29.3. The van der Waals surface area contributed by atoms with Gasteiger partial charge >= 0.3 is 12.4 Å². The van der Waals surface area contributed by atoms with Gasteiger partial charge in [0, 0.05) is 28.5 Å². The number of oxime groups is 1. The molecule has 2 unspecified atom stereocenters. The van der Waals surface area contributed by atoms with Crippen molar-refractivity contribution in [2.45, 2.75) is 49.9 Å². The molecule has 3 N–H and O–H groups in total. The average molecular weight is 567 g/mol. The highest BCUT2D eigenvalue weighted by Gasteiger charge is 2.62. The fraction of sp³-hybridized carbons (Fsp3) is 0.381. The summed E-state index contributed by atoms with van der Waals surface area (Å²) in [4.78, 5) is 4.86. The fourth-order valence-corrected chi connectivity index (χ4v) is 3.64. The van der Waals surface area contributed by atoms with Gasteiger partial charge in [0.25, 0.3) is 5.60 Å². The van der Waals surface area contributed by atoms with Crippen molar-refractivity contribution in [2.24, 2.45) is 5.16 Å². The lowest BCUT2D eigenvalue weighted by atomic mass is 9.88. The lowest BCUT2D eigenvalue weighted by Gasteiger charge is -2.29. The number of benzene rings is 1. The smallest absolute Gasteiger partial charge is 0.377 e. The van der Waals surface area contributed by atoms with E-state index in [0.29, 0.717) is 0 Å². The highest BCUT2D eigenvalue weighted by molar-refractivity contribution is 6.34. The number of alkyl halides is 6. The normalized spacial score (nSPS) is 20.3. The van der Waals surface area contributed by atoms with E-state index in [1.807, 2.05) is 0 Å². The van der Waals surface area contributed by atoms with Crippen LogP contribution in [0.25, 0.3) is 0 Å². The van der Waals surface area contributed by atoms with E-state index in [9.17, 15) is 31.4 Å². The Morgan fingerprint density at radius 2 is 1.83 bits per heavy atom. The molecule has 0 amide bonds. The van der Waals surface area contributed by atoms with Crippen LogP contribution < -0.4 is 10.9 Å². The number of rotatable bonds is 10. The van der Waals surface area contributed by atoms with E-state index >= 15 is 0 Å². The van der Waals surface area contributed by atoms with Crippen molar-refractivity contribution >= 4 is 40.5 Å². The van der Waals surface area contributed by atoms with Crippen molar-refractivity contribution in [3.63, 3.8) is 0 Å². The molecule has 5 nitrogen and oxygen atoms in total. The molecule has 14 heteroatoms. The molecule has 0 radical (unpaired) electrons. The Kier molecular flexibility index (Phi) is 9.95. The fourth-order valence-electron chi connectivity index (χ4n) is 3.00. The summed E-state index contributed by atoms with van der Waals surface area (Å²) in [7, 11) is 0. The van der Waals surface area contributed by atoms with E-state index in [1.165, 1.54) is 24.3 Å². The lowest BCUT2D eigenvalue weighted by Crippen LogP contribution is -2.42. The van der Waals surface area contributed by atoms with Crippen LogP contribution in [0.4, 0.5) is 26.3 Å². The number of nitrogens with zero attached hydrogens (tertiary/aromatic N) is 1. The molecule has 0 aromatic heterocycles. The number of hydrazine groups is 1. The molecule has 2 atom stereocenters. The monoisotopic (exact) mass is 565 g/mol. The van der Waals surface area contributed by atoms with E-state index in [-0.39, 0.29) is 44.9 Å². The van der Waals surface area contributed by atoms with Crippen molar-refractivity contribution in [1.29, 1.82) is 0 Å². The number of aliphatic hydroxyl groups excluding tert-OH is 1. The summed E-state index contributed by atoms with van der Waals surface area (Å²) in [5.74, 6) is 0. The van der Waals surface area contributed by atoms with Gasteiger partial charge in [-0.15, -0.1) is 0 Å². The number of hydrogen-bond donors (Lipinski definition) is 3. The van der Waals surface area contributed by atoms with Crippen LogP contribution in [0.2, 0.25) is 10.0 Å². The summed E-state index contributed by atoms with van der Waals surface area (Å²) in [6, 6.07) is 3.43. The van der Waals surface area contributed by atoms with Crippen LogP contribution in [0.3, 0.4) is 0 Å². The molecular formula is C21H20Cl3F6N3O2. The maximum Gasteiger partial charge on any atom is 0.435 e. The minimum Gasteiger partial charge on any atom is -0.377 e. The Bertz CT molecular complexity index is 991. The SMILES string of the molecule is C=C/C(Cl)=C(\C=C\C1=NOC(c2cc(Cl)cc(Cl)c2)(C(F)(F)F)C1)NNC(O)CCCC(F)(F)F. The van der Waals surface area contributed by atoms with E-state index in [0.717, 1.165) is 12.1 Å². The highest BCUT2D eigenvalue weighted by atomic mass is 35.5. The number of nitrogens with one attached hydrogen (secondary N) is 2. The third kappa shape index (κ3) is 8.32. The summed E-state index contributed by atoms with van der Waals surface area (Å²) in [6.45, 7) is 3.47. The summed E-state index contributed by atoms with van der Waals surface area (Å²) >= 11 is 17.7. The first-order chi connectivity index (χ1) is 16.2. The maximum atomic E-state index is 14.0. The summed E-state index contributed by atoms with van der Waals surface area (Å²) in [5, 5.41) is 13.3. The van der Waals surface area contributed by atoms with Gasteiger partial charge in [-0.3, -0.25) is 0 Å². The van der Waals surface area contributed by atoms with Gasteiger partial charge in [-0.05, 0) is 49.3 Å². The Morgan fingerprint density at radius 3 is 2.37 bits per heavy atom. The Hall–Kier alpha value is -1.92. The summed E-state index contributed by atoms with van der Waals surface area (Å²) in [5.41, 5.74) is 1.62. The maximum absolute atomic E-state index is 14.0. The van der Waals surface area contributed by atoms with Crippen molar-refractivity contribution in [3.8, 4) is 0 Å². The standard InChI is InChI=1S/C21H20Cl3F6N3O2/c1-2-16(24)17(31-32-18(34)4-3-7-20(25,26)27)6-5-15-11-19(35-33-15,21(28,29)30)12-8-13(22)10-14(23)9-12/h2,5-6,8-10,18,31-32,34H,1,3-4,7,11H2/b6-5+,17-16-. The van der Waals surface area contributed by atoms with E-state index < -0.39 is 37.0 Å². The van der Waals surface area contributed by atoms with Crippen LogP contribution >= 0.6 is 34.8 Å². The average Bonchev–Trinajstić information content (AvgIpc) is 3.17. The minimum absolute atomic E-state index is 0.000496. The molecule has 0 bridgehead atoms. The largest absolute Gasteiger partial charge is 0.435 e. The number of halogens is 9. The molecule has 2 rings (SSSR count). The molecule has 1 heterocycles. The zero-order valence-corrected chi connectivity index (χ0v) is 20.0. The van der Waals surface area contributed by atoms with Gasteiger partial charge in [-0.2, -0.15) is 26.3 Å². The van der Waals surface area contributed by atoms with Gasteiger partial charge in [0.15, 0.2) is 0 Å². The lowest BCUT2D eigenvalue weighted by molar-refractivity contribution is -0.275.